The van der Waals surface area contributed by atoms with Crippen molar-refractivity contribution in [2.45, 2.75) is 6.92 Å². The lowest BCUT2D eigenvalue weighted by molar-refractivity contribution is 0.461. The number of phenolic OH excluding ortho intramolecular Hbond substituents is 1. The first kappa shape index (κ1) is 20.0. The first-order valence-electron chi connectivity index (χ1n) is 11.9. The molecule has 0 saturated heterocycles. The highest BCUT2D eigenvalue weighted by atomic mass is 16.5. The number of aromatic nitrogens is 1. The summed E-state index contributed by atoms with van der Waals surface area (Å²) in [6.07, 6.45) is 0. The summed E-state index contributed by atoms with van der Waals surface area (Å²) in [5, 5.41) is 13.9. The Bertz CT molecular complexity index is 1700. The van der Waals surface area contributed by atoms with Crippen LogP contribution in [0.2, 0.25) is 0 Å². The summed E-state index contributed by atoms with van der Waals surface area (Å²) in [5.74, 6) is 1.75. The van der Waals surface area contributed by atoms with Crippen LogP contribution in [-0.4, -0.2) is 16.4 Å². The number of aryl methyl sites for hydroxylation is 1. The number of phenols is 1. The lowest BCUT2D eigenvalue weighted by Crippen LogP contribution is -2.55. The van der Waals surface area contributed by atoms with Crippen molar-refractivity contribution >= 4 is 44.9 Å². The van der Waals surface area contributed by atoms with Gasteiger partial charge in [0.1, 0.15) is 17.2 Å². The van der Waals surface area contributed by atoms with Crippen molar-refractivity contribution in [1.29, 1.82) is 0 Å². The van der Waals surface area contributed by atoms with E-state index in [-0.39, 0.29) is 12.5 Å². The fraction of sp³-hybridized carbons (Fsp3) is 0.0323. The van der Waals surface area contributed by atoms with Crippen LogP contribution >= 0.6 is 0 Å². The van der Waals surface area contributed by atoms with E-state index >= 15 is 0 Å². The fourth-order valence-corrected chi connectivity index (χ4v) is 5.62. The molecule has 0 bridgehead atoms. The summed E-state index contributed by atoms with van der Waals surface area (Å²) >= 11 is 0. The van der Waals surface area contributed by atoms with Crippen molar-refractivity contribution in [1.82, 2.24) is 4.57 Å². The number of benzene rings is 5. The summed E-state index contributed by atoms with van der Waals surface area (Å²) in [7, 11) is 0. The minimum atomic E-state index is -0.108. The van der Waals surface area contributed by atoms with Crippen LogP contribution in [0, 0.1) is 6.92 Å². The minimum Gasteiger partial charge on any atom is -0.508 e. The molecule has 166 valence electrons. The molecule has 1 aliphatic heterocycles. The Labute approximate surface area is 203 Å². The van der Waals surface area contributed by atoms with Gasteiger partial charge in [0.15, 0.2) is 0 Å². The Kier molecular flexibility index (Phi) is 4.30. The van der Waals surface area contributed by atoms with Gasteiger partial charge in [0.05, 0.1) is 16.7 Å². The molecule has 2 heterocycles. The van der Waals surface area contributed by atoms with E-state index < -0.39 is 0 Å². The van der Waals surface area contributed by atoms with Crippen molar-refractivity contribution in [3.05, 3.63) is 115 Å². The average molecular weight is 451 g/mol. The van der Waals surface area contributed by atoms with Gasteiger partial charge in [0.25, 0.3) is 6.71 Å². The number of nitrogens with zero attached hydrogens (tertiary/aromatic N) is 1. The molecule has 4 heteroatoms. The highest BCUT2D eigenvalue weighted by Crippen LogP contribution is 2.36. The SMILES string of the molecule is Cc1ccccc1B1c2ccccc2Oc2cc(-n3c4ccccc4c4ccccc43)cc(O)c21. The van der Waals surface area contributed by atoms with Gasteiger partial charge >= 0.3 is 0 Å². The van der Waals surface area contributed by atoms with Gasteiger partial charge in [-0.05, 0) is 30.6 Å². The molecule has 0 amide bonds. The Morgan fingerprint density at radius 2 is 1.26 bits per heavy atom. The van der Waals surface area contributed by atoms with E-state index in [0.29, 0.717) is 5.75 Å². The lowest BCUT2D eigenvalue weighted by atomic mass is 9.35. The Hall–Kier alpha value is -4.44. The van der Waals surface area contributed by atoms with Gasteiger partial charge in [-0.3, -0.25) is 0 Å². The quantitative estimate of drug-likeness (QED) is 0.356. The van der Waals surface area contributed by atoms with Crippen LogP contribution in [0.25, 0.3) is 27.5 Å². The van der Waals surface area contributed by atoms with Gasteiger partial charge in [-0.25, -0.2) is 0 Å². The molecule has 0 atom stereocenters. The molecule has 35 heavy (non-hydrogen) atoms. The summed E-state index contributed by atoms with van der Waals surface area (Å²) in [4.78, 5) is 0. The van der Waals surface area contributed by atoms with E-state index in [1.807, 2.05) is 24.3 Å². The molecule has 1 aromatic heterocycles. The summed E-state index contributed by atoms with van der Waals surface area (Å²) in [6, 6.07) is 37.2. The lowest BCUT2D eigenvalue weighted by Gasteiger charge is -2.29. The molecule has 0 fully saturated rings. The van der Waals surface area contributed by atoms with Gasteiger partial charge < -0.3 is 14.4 Å². The van der Waals surface area contributed by atoms with Crippen molar-refractivity contribution in [3.8, 4) is 22.9 Å². The van der Waals surface area contributed by atoms with E-state index in [0.717, 1.165) is 33.4 Å². The van der Waals surface area contributed by atoms with Crippen molar-refractivity contribution in [2.24, 2.45) is 0 Å². The fourth-order valence-electron chi connectivity index (χ4n) is 5.62. The zero-order chi connectivity index (χ0) is 23.5. The normalized spacial score (nSPS) is 12.4. The van der Waals surface area contributed by atoms with Crippen molar-refractivity contribution < 1.29 is 9.84 Å². The first-order chi connectivity index (χ1) is 17.2. The zero-order valence-corrected chi connectivity index (χ0v) is 19.3. The monoisotopic (exact) mass is 451 g/mol. The van der Waals surface area contributed by atoms with Crippen LogP contribution in [0.15, 0.2) is 109 Å². The van der Waals surface area contributed by atoms with E-state index in [4.69, 9.17) is 4.74 Å². The molecule has 0 aliphatic carbocycles. The molecule has 6 aromatic rings. The van der Waals surface area contributed by atoms with E-state index in [1.165, 1.54) is 21.8 Å². The van der Waals surface area contributed by atoms with Crippen molar-refractivity contribution in [2.75, 3.05) is 0 Å². The van der Waals surface area contributed by atoms with Gasteiger partial charge in [-0.15, -0.1) is 0 Å². The Morgan fingerprint density at radius 3 is 1.97 bits per heavy atom. The number of hydrogen-bond acceptors (Lipinski definition) is 2. The molecule has 5 aromatic carbocycles. The van der Waals surface area contributed by atoms with Crippen LogP contribution in [0.5, 0.6) is 17.2 Å². The van der Waals surface area contributed by atoms with Crippen LogP contribution in [0.4, 0.5) is 0 Å². The van der Waals surface area contributed by atoms with Gasteiger partial charge in [-0.1, -0.05) is 89.9 Å². The summed E-state index contributed by atoms with van der Waals surface area (Å²) in [5.41, 5.74) is 7.30. The third-order valence-corrected chi connectivity index (χ3v) is 7.18. The molecule has 0 saturated carbocycles. The molecule has 0 radical (unpaired) electrons. The Balaban J connectivity index is 1.51. The number of fused-ring (bicyclic) bond motifs is 5. The van der Waals surface area contributed by atoms with Gasteiger partial charge in [0.2, 0.25) is 0 Å². The maximum Gasteiger partial charge on any atom is 0.256 e. The standard InChI is InChI=1S/C31H22BNO2/c1-20-10-2-5-13-24(20)32-25-14-6-9-17-29(25)35-30-19-21(18-28(34)31(30)32)33-26-15-7-3-11-22(26)23-12-4-8-16-27(23)33/h2-19,34H,1H3. The van der Waals surface area contributed by atoms with Crippen LogP contribution < -0.4 is 21.1 Å². The molecule has 1 aliphatic rings. The Morgan fingerprint density at radius 1 is 0.657 bits per heavy atom. The second kappa shape index (κ2) is 7.54. The predicted molar refractivity (Wildman–Crippen MR) is 145 cm³/mol. The topological polar surface area (TPSA) is 34.4 Å². The van der Waals surface area contributed by atoms with Crippen molar-refractivity contribution in [3.63, 3.8) is 0 Å². The largest absolute Gasteiger partial charge is 0.508 e. The van der Waals surface area contributed by atoms with Crippen LogP contribution in [-0.2, 0) is 0 Å². The van der Waals surface area contributed by atoms with Gasteiger partial charge in [-0.2, -0.15) is 0 Å². The summed E-state index contributed by atoms with van der Waals surface area (Å²) in [6.45, 7) is 2.01. The number of para-hydroxylation sites is 3. The van der Waals surface area contributed by atoms with E-state index in [1.54, 1.807) is 0 Å². The average Bonchev–Trinajstić information content (AvgIpc) is 3.22. The first-order valence-corrected chi connectivity index (χ1v) is 11.9. The third kappa shape index (κ3) is 2.93. The second-order valence-electron chi connectivity index (χ2n) is 9.18. The number of hydrogen-bond donors (Lipinski definition) is 1. The zero-order valence-electron chi connectivity index (χ0n) is 19.3. The molecular formula is C31H22BNO2. The molecule has 3 nitrogen and oxygen atoms in total. The highest BCUT2D eigenvalue weighted by molar-refractivity contribution is 6.97. The molecule has 1 N–H and O–H groups in total. The third-order valence-electron chi connectivity index (χ3n) is 7.18. The molecule has 0 unspecified atom stereocenters. The maximum absolute atomic E-state index is 11.5. The highest BCUT2D eigenvalue weighted by Gasteiger charge is 2.36. The van der Waals surface area contributed by atoms with E-state index in [9.17, 15) is 5.11 Å². The predicted octanol–water partition coefficient (Wildman–Crippen LogP) is 5.42. The smallest absolute Gasteiger partial charge is 0.256 e. The minimum absolute atomic E-state index is 0.108. The number of ether oxygens (including phenoxy) is 1. The number of rotatable bonds is 2. The molecular weight excluding hydrogens is 429 g/mol. The summed E-state index contributed by atoms with van der Waals surface area (Å²) < 4.78 is 8.65. The molecule has 7 rings (SSSR count). The molecule has 0 spiro atoms. The number of aromatic hydroxyl groups is 1. The van der Waals surface area contributed by atoms with Crippen LogP contribution in [0.1, 0.15) is 5.56 Å². The van der Waals surface area contributed by atoms with Crippen LogP contribution in [0.3, 0.4) is 0 Å². The maximum atomic E-state index is 11.5. The van der Waals surface area contributed by atoms with Gasteiger partial charge in [0, 0.05) is 28.4 Å². The second-order valence-corrected chi connectivity index (χ2v) is 9.18. The van der Waals surface area contributed by atoms with E-state index in [2.05, 4.69) is 96.4 Å².